The second-order valence-corrected chi connectivity index (χ2v) is 6.39. The number of rotatable bonds is 11. The van der Waals surface area contributed by atoms with Crippen molar-refractivity contribution in [3.63, 3.8) is 0 Å². The van der Waals surface area contributed by atoms with Crippen molar-refractivity contribution in [2.45, 2.75) is 45.1 Å². The molecule has 0 aliphatic rings. The molecule has 5 heteroatoms. The summed E-state index contributed by atoms with van der Waals surface area (Å²) in [5.41, 5.74) is 0. The Labute approximate surface area is 133 Å². The van der Waals surface area contributed by atoms with Crippen LogP contribution in [0.1, 0.15) is 39.0 Å². The van der Waals surface area contributed by atoms with Crippen LogP contribution in [0.2, 0.25) is 0 Å². The average molecular weight is 311 g/mol. The third kappa shape index (κ3) is 13.4. The topological polar surface area (TPSA) is 66.4 Å². The van der Waals surface area contributed by atoms with E-state index in [4.69, 9.17) is 4.74 Å². The molecule has 0 spiro atoms. The van der Waals surface area contributed by atoms with Crippen LogP contribution in [0, 0.1) is 0 Å². The maximum atomic E-state index is 11.7. The zero-order valence-corrected chi connectivity index (χ0v) is 14.2. The summed E-state index contributed by atoms with van der Waals surface area (Å²) in [5, 5.41) is 10.7. The molecule has 0 saturated heterocycles. The van der Waals surface area contributed by atoms with Crippen molar-refractivity contribution < 1.29 is 23.9 Å². The number of nitrogens with zero attached hydrogens (tertiary/aromatic N) is 1. The van der Waals surface area contributed by atoms with E-state index in [1.54, 1.807) is 6.08 Å². The molecule has 0 saturated carbocycles. The lowest BCUT2D eigenvalue weighted by atomic mass is 10.2. The van der Waals surface area contributed by atoms with Gasteiger partial charge in [0.15, 0.2) is 6.10 Å². The number of quaternary nitrogens is 1. The summed E-state index contributed by atoms with van der Waals surface area (Å²) in [7, 11) is 5.72. The number of unbranched alkanes of at least 4 members (excludes halogenated alkanes) is 3. The second-order valence-electron chi connectivity index (χ2n) is 6.39. The van der Waals surface area contributed by atoms with Gasteiger partial charge in [-0.05, 0) is 12.8 Å². The lowest BCUT2D eigenvalue weighted by Crippen LogP contribution is -2.45. The molecule has 0 bridgehead atoms. The summed E-state index contributed by atoms with van der Waals surface area (Å²) in [6, 6.07) is 0. The Morgan fingerprint density at radius 2 is 1.86 bits per heavy atom. The lowest BCUT2D eigenvalue weighted by molar-refractivity contribution is -0.873. The number of carbonyl (C=O) groups excluding carboxylic acids is 2. The van der Waals surface area contributed by atoms with Gasteiger partial charge in [0.25, 0.3) is 0 Å². The number of hydrogen-bond donors (Lipinski definition) is 0. The highest BCUT2D eigenvalue weighted by Gasteiger charge is 2.21. The number of esters is 1. The third-order valence-electron chi connectivity index (χ3n) is 2.88. The first kappa shape index (κ1) is 20.4. The van der Waals surface area contributed by atoms with E-state index in [1.807, 2.05) is 33.3 Å². The number of carboxylic acid groups (broad SMARTS) is 1. The Kier molecular flexibility index (Phi) is 10.2. The highest BCUT2D eigenvalue weighted by atomic mass is 16.5. The Bertz CT molecular complexity index is 394. The number of carbonyl (C=O) groups is 2. The molecule has 126 valence electrons. The number of likely N-dealkylation sites (N-methyl/N-ethyl adjacent to an activating group) is 1. The summed E-state index contributed by atoms with van der Waals surface area (Å²) < 4.78 is 5.69. The van der Waals surface area contributed by atoms with Crippen LogP contribution in [-0.4, -0.2) is 50.2 Å². The third-order valence-corrected chi connectivity index (χ3v) is 2.88. The highest BCUT2D eigenvalue weighted by Crippen LogP contribution is 2.05. The Balaban J connectivity index is 4.29. The quantitative estimate of drug-likeness (QED) is 0.190. The predicted molar refractivity (Wildman–Crippen MR) is 84.8 cm³/mol. The fourth-order valence-corrected chi connectivity index (χ4v) is 1.96. The van der Waals surface area contributed by atoms with Crippen molar-refractivity contribution in [1.82, 2.24) is 0 Å². The highest BCUT2D eigenvalue weighted by molar-refractivity contribution is 5.82. The van der Waals surface area contributed by atoms with Gasteiger partial charge in [-0.25, -0.2) is 4.79 Å². The monoisotopic (exact) mass is 311 g/mol. The Morgan fingerprint density at radius 3 is 2.41 bits per heavy atom. The molecule has 0 aromatic carbocycles. The molecule has 1 atom stereocenters. The Morgan fingerprint density at radius 1 is 1.18 bits per heavy atom. The fraction of sp³-hybridized carbons (Fsp3) is 0.647. The van der Waals surface area contributed by atoms with Gasteiger partial charge in [-0.1, -0.05) is 38.0 Å². The van der Waals surface area contributed by atoms with Crippen LogP contribution in [0.5, 0.6) is 0 Å². The molecule has 0 aromatic heterocycles. The van der Waals surface area contributed by atoms with E-state index < -0.39 is 18.0 Å². The van der Waals surface area contributed by atoms with Gasteiger partial charge < -0.3 is 19.1 Å². The van der Waals surface area contributed by atoms with Crippen molar-refractivity contribution in [1.29, 1.82) is 0 Å². The van der Waals surface area contributed by atoms with Gasteiger partial charge in [-0.15, -0.1) is 0 Å². The van der Waals surface area contributed by atoms with Crippen LogP contribution in [0.15, 0.2) is 24.3 Å². The van der Waals surface area contributed by atoms with Gasteiger partial charge in [0.2, 0.25) is 0 Å². The summed E-state index contributed by atoms with van der Waals surface area (Å²) >= 11 is 0. The zero-order valence-electron chi connectivity index (χ0n) is 14.2. The molecule has 0 aromatic rings. The lowest BCUT2D eigenvalue weighted by Gasteiger charge is -2.28. The van der Waals surface area contributed by atoms with Crippen LogP contribution < -0.4 is 5.11 Å². The molecule has 0 aliphatic carbocycles. The molecule has 1 unspecified atom stereocenters. The van der Waals surface area contributed by atoms with Gasteiger partial charge >= 0.3 is 5.97 Å². The van der Waals surface area contributed by atoms with E-state index in [0.717, 1.165) is 12.8 Å². The van der Waals surface area contributed by atoms with Crippen molar-refractivity contribution in [3.8, 4) is 0 Å². The minimum absolute atomic E-state index is 0.290. The van der Waals surface area contributed by atoms with Crippen molar-refractivity contribution in [2.75, 3.05) is 27.7 Å². The van der Waals surface area contributed by atoms with E-state index in [-0.39, 0.29) is 6.42 Å². The van der Waals surface area contributed by atoms with Gasteiger partial charge in [0.05, 0.1) is 21.1 Å². The minimum Gasteiger partial charge on any atom is -0.550 e. The first-order valence-electron chi connectivity index (χ1n) is 7.78. The summed E-state index contributed by atoms with van der Waals surface area (Å²) in [5.74, 6) is -1.75. The average Bonchev–Trinajstić information content (AvgIpc) is 2.34. The van der Waals surface area contributed by atoms with Gasteiger partial charge in [-0.3, -0.25) is 0 Å². The SMILES string of the molecule is CCCCC/C=C/C=C/C(=O)OC(CC(=O)[O-])C[N+](C)(C)C. The number of hydrogen-bond acceptors (Lipinski definition) is 4. The van der Waals surface area contributed by atoms with Gasteiger partial charge in [0.1, 0.15) is 6.54 Å². The molecule has 0 heterocycles. The molecule has 0 aliphatic heterocycles. The van der Waals surface area contributed by atoms with Gasteiger partial charge in [0, 0.05) is 18.5 Å². The van der Waals surface area contributed by atoms with Crippen LogP contribution in [0.3, 0.4) is 0 Å². The fourth-order valence-electron chi connectivity index (χ4n) is 1.96. The van der Waals surface area contributed by atoms with Crippen LogP contribution >= 0.6 is 0 Å². The van der Waals surface area contributed by atoms with Crippen LogP contribution in [0.4, 0.5) is 0 Å². The minimum atomic E-state index is -1.22. The van der Waals surface area contributed by atoms with Crippen molar-refractivity contribution >= 4 is 11.9 Å². The molecule has 5 nitrogen and oxygen atoms in total. The molecule has 0 fully saturated rings. The second kappa shape index (κ2) is 11.0. The molecule has 0 amide bonds. The summed E-state index contributed by atoms with van der Waals surface area (Å²) in [4.78, 5) is 22.4. The van der Waals surface area contributed by atoms with E-state index in [2.05, 4.69) is 6.92 Å². The Hall–Kier alpha value is -1.62. The van der Waals surface area contributed by atoms with Crippen LogP contribution in [0.25, 0.3) is 0 Å². The number of aliphatic carboxylic acids is 1. The largest absolute Gasteiger partial charge is 0.550 e. The summed E-state index contributed by atoms with van der Waals surface area (Å²) in [6.07, 6.45) is 10.3. The van der Waals surface area contributed by atoms with E-state index >= 15 is 0 Å². The molecular weight excluding hydrogens is 282 g/mol. The van der Waals surface area contributed by atoms with E-state index in [1.165, 1.54) is 18.9 Å². The number of ether oxygens (including phenoxy) is 1. The van der Waals surface area contributed by atoms with Gasteiger partial charge in [-0.2, -0.15) is 0 Å². The molecule has 0 N–H and O–H groups in total. The zero-order chi connectivity index (χ0) is 17.0. The molecular formula is C17H29NO4. The number of carboxylic acids is 1. The standard InChI is InChI=1S/C17H29NO4/c1-5-6-7-8-9-10-11-12-17(21)22-15(13-16(19)20)14-18(2,3)4/h9-12,15H,5-8,13-14H2,1-4H3/b10-9+,12-11+. The number of allylic oxidation sites excluding steroid dienone is 3. The van der Waals surface area contributed by atoms with Crippen molar-refractivity contribution in [3.05, 3.63) is 24.3 Å². The first-order valence-corrected chi connectivity index (χ1v) is 7.78. The normalized spacial score (nSPS) is 13.6. The maximum absolute atomic E-state index is 11.7. The smallest absolute Gasteiger partial charge is 0.331 e. The first-order chi connectivity index (χ1) is 10.2. The molecule has 22 heavy (non-hydrogen) atoms. The predicted octanol–water partition coefficient (Wildman–Crippen LogP) is 1.44. The summed E-state index contributed by atoms with van der Waals surface area (Å²) in [6.45, 7) is 2.57. The van der Waals surface area contributed by atoms with Crippen LogP contribution in [-0.2, 0) is 14.3 Å². The molecule has 0 radical (unpaired) electrons. The van der Waals surface area contributed by atoms with E-state index in [0.29, 0.717) is 11.0 Å². The van der Waals surface area contributed by atoms with Crippen molar-refractivity contribution in [2.24, 2.45) is 0 Å². The molecule has 0 rings (SSSR count). The van der Waals surface area contributed by atoms with E-state index in [9.17, 15) is 14.7 Å². The maximum Gasteiger partial charge on any atom is 0.331 e.